The predicted octanol–water partition coefficient (Wildman–Crippen LogP) is 1.08. The first-order valence-corrected chi connectivity index (χ1v) is 9.00. The van der Waals surface area contributed by atoms with Gasteiger partial charge in [-0.05, 0) is 18.3 Å². The lowest BCUT2D eigenvalue weighted by Crippen LogP contribution is -2.37. The lowest BCUT2D eigenvalue weighted by molar-refractivity contribution is -0.145. The van der Waals surface area contributed by atoms with E-state index in [0.29, 0.717) is 6.54 Å². The van der Waals surface area contributed by atoms with E-state index in [2.05, 4.69) is 4.98 Å². The summed E-state index contributed by atoms with van der Waals surface area (Å²) in [5.41, 5.74) is -0.411. The third kappa shape index (κ3) is 2.44. The number of nitrogens with zero attached hydrogens (tertiary/aromatic N) is 3. The smallest absolute Gasteiger partial charge is 0.308 e. The summed E-state index contributed by atoms with van der Waals surface area (Å²) in [6, 6.07) is 0. The first-order chi connectivity index (χ1) is 10.3. The average molecular weight is 327 g/mol. The SMILES string of the molecule is Cn1cnc(S(=O)(=O)N2CC(C(=O)O)C3(CCCCC3)C2)c1. The van der Waals surface area contributed by atoms with Crippen LogP contribution in [-0.4, -0.2) is 46.4 Å². The van der Waals surface area contributed by atoms with Crippen molar-refractivity contribution in [3.63, 3.8) is 0 Å². The fourth-order valence-electron chi connectivity index (χ4n) is 3.86. The number of carboxylic acids is 1. The monoisotopic (exact) mass is 327 g/mol. The van der Waals surface area contributed by atoms with Crippen molar-refractivity contribution in [3.05, 3.63) is 12.5 Å². The van der Waals surface area contributed by atoms with Crippen molar-refractivity contribution >= 4 is 16.0 Å². The van der Waals surface area contributed by atoms with Gasteiger partial charge in [-0.2, -0.15) is 4.31 Å². The quantitative estimate of drug-likeness (QED) is 0.896. The molecule has 3 rings (SSSR count). The Morgan fingerprint density at radius 1 is 1.36 bits per heavy atom. The number of rotatable bonds is 3. The van der Waals surface area contributed by atoms with Crippen molar-refractivity contribution in [1.82, 2.24) is 13.9 Å². The maximum absolute atomic E-state index is 12.7. The van der Waals surface area contributed by atoms with Gasteiger partial charge in [-0.15, -0.1) is 0 Å². The molecule has 2 heterocycles. The van der Waals surface area contributed by atoms with Gasteiger partial charge in [0.1, 0.15) is 0 Å². The van der Waals surface area contributed by atoms with Gasteiger partial charge >= 0.3 is 5.97 Å². The van der Waals surface area contributed by atoms with Crippen LogP contribution in [0.25, 0.3) is 0 Å². The summed E-state index contributed by atoms with van der Waals surface area (Å²) in [6.07, 6.45) is 7.52. The summed E-state index contributed by atoms with van der Waals surface area (Å²) in [5, 5.41) is 9.54. The first kappa shape index (κ1) is 15.5. The highest BCUT2D eigenvalue weighted by Gasteiger charge is 2.53. The first-order valence-electron chi connectivity index (χ1n) is 7.56. The molecule has 0 amide bonds. The highest BCUT2D eigenvalue weighted by molar-refractivity contribution is 7.89. The third-order valence-electron chi connectivity index (χ3n) is 5.05. The predicted molar refractivity (Wildman–Crippen MR) is 78.6 cm³/mol. The maximum atomic E-state index is 12.7. The molecule has 1 saturated carbocycles. The molecule has 1 saturated heterocycles. The Morgan fingerprint density at radius 2 is 2.05 bits per heavy atom. The van der Waals surface area contributed by atoms with Gasteiger partial charge in [-0.3, -0.25) is 4.79 Å². The molecule has 1 aliphatic heterocycles. The Balaban J connectivity index is 1.92. The van der Waals surface area contributed by atoms with Crippen LogP contribution < -0.4 is 0 Å². The molecule has 7 nitrogen and oxygen atoms in total. The summed E-state index contributed by atoms with van der Waals surface area (Å²) >= 11 is 0. The summed E-state index contributed by atoms with van der Waals surface area (Å²) in [4.78, 5) is 15.6. The van der Waals surface area contributed by atoms with Gasteiger partial charge in [-0.25, -0.2) is 13.4 Å². The van der Waals surface area contributed by atoms with Crippen LogP contribution in [0.5, 0.6) is 0 Å². The number of carbonyl (C=O) groups is 1. The molecule has 1 aromatic rings. The molecule has 22 heavy (non-hydrogen) atoms. The van der Waals surface area contributed by atoms with Crippen LogP contribution in [0.4, 0.5) is 0 Å². The Morgan fingerprint density at radius 3 is 2.59 bits per heavy atom. The zero-order valence-corrected chi connectivity index (χ0v) is 13.4. The number of aliphatic carboxylic acids is 1. The normalized spacial score (nSPS) is 25.6. The van der Waals surface area contributed by atoms with E-state index >= 15 is 0 Å². The van der Waals surface area contributed by atoms with E-state index in [1.54, 1.807) is 11.6 Å². The number of sulfonamides is 1. The minimum absolute atomic E-state index is 0.00741. The molecule has 2 aliphatic rings. The summed E-state index contributed by atoms with van der Waals surface area (Å²) in [5.74, 6) is -1.51. The molecular formula is C14H21N3O4S. The Labute approximate surface area is 130 Å². The van der Waals surface area contributed by atoms with Gasteiger partial charge < -0.3 is 9.67 Å². The van der Waals surface area contributed by atoms with Gasteiger partial charge in [0.25, 0.3) is 10.0 Å². The fourth-order valence-corrected chi connectivity index (χ4v) is 5.38. The molecule has 0 aromatic carbocycles. The van der Waals surface area contributed by atoms with Crippen LogP contribution in [-0.2, 0) is 21.9 Å². The van der Waals surface area contributed by atoms with E-state index in [9.17, 15) is 18.3 Å². The zero-order valence-electron chi connectivity index (χ0n) is 12.6. The van der Waals surface area contributed by atoms with E-state index in [1.807, 2.05) is 0 Å². The molecule has 1 N–H and O–H groups in total. The van der Waals surface area contributed by atoms with Crippen molar-refractivity contribution in [2.75, 3.05) is 13.1 Å². The molecule has 8 heteroatoms. The molecule has 122 valence electrons. The molecule has 0 radical (unpaired) electrons. The third-order valence-corrected chi connectivity index (χ3v) is 6.75. The Bertz CT molecular complexity index is 676. The van der Waals surface area contributed by atoms with Crippen LogP contribution in [0.2, 0.25) is 0 Å². The molecule has 1 unspecified atom stereocenters. The van der Waals surface area contributed by atoms with Crippen LogP contribution >= 0.6 is 0 Å². The van der Waals surface area contributed by atoms with Crippen molar-refractivity contribution in [2.24, 2.45) is 18.4 Å². The average Bonchev–Trinajstić information content (AvgIpc) is 3.05. The molecule has 1 aliphatic carbocycles. The van der Waals surface area contributed by atoms with E-state index in [1.165, 1.54) is 16.8 Å². The van der Waals surface area contributed by atoms with Gasteiger partial charge in [0.05, 0.1) is 12.2 Å². The van der Waals surface area contributed by atoms with E-state index in [0.717, 1.165) is 32.1 Å². The van der Waals surface area contributed by atoms with Gasteiger partial charge in [0.2, 0.25) is 0 Å². The van der Waals surface area contributed by atoms with Gasteiger partial charge in [0.15, 0.2) is 5.03 Å². The molecule has 0 bridgehead atoms. The van der Waals surface area contributed by atoms with Crippen molar-refractivity contribution in [1.29, 1.82) is 0 Å². The van der Waals surface area contributed by atoms with Crippen molar-refractivity contribution in [2.45, 2.75) is 37.1 Å². The van der Waals surface area contributed by atoms with Gasteiger partial charge in [-0.1, -0.05) is 19.3 Å². The molecule has 1 aromatic heterocycles. The fraction of sp³-hybridized carbons (Fsp3) is 0.714. The molecular weight excluding hydrogens is 306 g/mol. The maximum Gasteiger partial charge on any atom is 0.308 e. The topological polar surface area (TPSA) is 92.5 Å². The van der Waals surface area contributed by atoms with Gasteiger partial charge in [0, 0.05) is 26.3 Å². The largest absolute Gasteiger partial charge is 0.481 e. The second kappa shape index (κ2) is 5.34. The number of aromatic nitrogens is 2. The highest BCUT2D eigenvalue weighted by atomic mass is 32.2. The van der Waals surface area contributed by atoms with E-state index in [4.69, 9.17) is 0 Å². The summed E-state index contributed by atoms with van der Waals surface area (Å²) < 4.78 is 28.3. The lowest BCUT2D eigenvalue weighted by Gasteiger charge is -2.36. The van der Waals surface area contributed by atoms with Crippen LogP contribution in [0, 0.1) is 11.3 Å². The lowest BCUT2D eigenvalue weighted by atomic mass is 9.68. The molecule has 1 atom stereocenters. The van der Waals surface area contributed by atoms with Crippen molar-refractivity contribution in [3.8, 4) is 0 Å². The second-order valence-corrected chi connectivity index (χ2v) is 8.37. The Hall–Kier alpha value is -1.41. The van der Waals surface area contributed by atoms with Crippen LogP contribution in [0.15, 0.2) is 17.6 Å². The molecule has 1 spiro atoms. The highest BCUT2D eigenvalue weighted by Crippen LogP contribution is 2.48. The number of hydrogen-bond donors (Lipinski definition) is 1. The van der Waals surface area contributed by atoms with Crippen LogP contribution in [0.1, 0.15) is 32.1 Å². The minimum atomic E-state index is -3.72. The number of hydrogen-bond acceptors (Lipinski definition) is 4. The summed E-state index contributed by atoms with van der Waals surface area (Å²) in [6.45, 7) is 0.344. The molecule has 2 fully saturated rings. The minimum Gasteiger partial charge on any atom is -0.481 e. The van der Waals surface area contributed by atoms with Crippen molar-refractivity contribution < 1.29 is 18.3 Å². The van der Waals surface area contributed by atoms with E-state index in [-0.39, 0.29) is 11.6 Å². The second-order valence-electron chi connectivity index (χ2n) is 6.49. The van der Waals surface area contributed by atoms with Crippen LogP contribution in [0.3, 0.4) is 0 Å². The standard InChI is InChI=1S/C14H21N3O4S/c1-16-8-12(15-10-16)22(20,21)17-7-11(13(18)19)14(9-17)5-3-2-4-6-14/h8,10-11H,2-7,9H2,1H3,(H,18,19). The zero-order chi connectivity index (χ0) is 16.0. The number of carboxylic acid groups (broad SMARTS) is 1. The number of aryl methyl sites for hydroxylation is 1. The Kier molecular flexibility index (Phi) is 3.76. The number of imidazole rings is 1. The van der Waals surface area contributed by atoms with E-state index < -0.39 is 27.3 Å². The summed E-state index contributed by atoms with van der Waals surface area (Å²) in [7, 11) is -2.01.